The van der Waals surface area contributed by atoms with Gasteiger partial charge in [-0.3, -0.25) is 4.79 Å². The van der Waals surface area contributed by atoms with Crippen LogP contribution in [0, 0.1) is 0 Å². The fourth-order valence-corrected chi connectivity index (χ4v) is 3.24. The lowest BCUT2D eigenvalue weighted by Crippen LogP contribution is -2.30. The van der Waals surface area contributed by atoms with E-state index in [1.807, 2.05) is 36.6 Å². The Morgan fingerprint density at radius 3 is 2.40 bits per heavy atom. The number of ether oxygens (including phenoxy) is 1. The van der Waals surface area contributed by atoms with Gasteiger partial charge in [0.2, 0.25) is 0 Å². The summed E-state index contributed by atoms with van der Waals surface area (Å²) >= 11 is 1.58. The number of nitrogens with one attached hydrogen (secondary N) is 1. The summed E-state index contributed by atoms with van der Waals surface area (Å²) in [4.78, 5) is 27.2. The van der Waals surface area contributed by atoms with Gasteiger partial charge in [-0.1, -0.05) is 6.07 Å². The van der Waals surface area contributed by atoms with Crippen molar-refractivity contribution in [2.45, 2.75) is 26.8 Å². The molecule has 0 saturated carbocycles. The fourth-order valence-electron chi connectivity index (χ4n) is 2.50. The summed E-state index contributed by atoms with van der Waals surface area (Å²) in [5, 5.41) is 4.77. The first-order chi connectivity index (χ1) is 12.0. The molecule has 0 bridgehead atoms. The Labute approximate surface area is 152 Å². The highest BCUT2D eigenvalue weighted by Crippen LogP contribution is 2.18. The molecule has 0 aliphatic carbocycles. The number of hydrogen-bond acceptors (Lipinski definition) is 5. The van der Waals surface area contributed by atoms with E-state index in [9.17, 15) is 9.59 Å². The molecule has 1 unspecified atom stereocenters. The van der Waals surface area contributed by atoms with Gasteiger partial charge in [0.05, 0.1) is 11.6 Å². The lowest BCUT2D eigenvalue weighted by Gasteiger charge is -2.20. The highest BCUT2D eigenvalue weighted by molar-refractivity contribution is 7.10. The van der Waals surface area contributed by atoms with Gasteiger partial charge in [-0.05, 0) is 56.5 Å². The molecule has 0 aliphatic heterocycles. The Kier molecular flexibility index (Phi) is 7.01. The van der Waals surface area contributed by atoms with E-state index in [2.05, 4.69) is 24.1 Å². The van der Waals surface area contributed by atoms with E-state index < -0.39 is 5.97 Å². The molecule has 1 aromatic carbocycles. The summed E-state index contributed by atoms with van der Waals surface area (Å²) in [6.07, 6.45) is 0. The maximum atomic E-state index is 12.1. The topological polar surface area (TPSA) is 58.6 Å². The third kappa shape index (κ3) is 5.32. The molecule has 134 valence electrons. The van der Waals surface area contributed by atoms with Crippen molar-refractivity contribution in [1.29, 1.82) is 0 Å². The monoisotopic (exact) mass is 360 g/mol. The zero-order chi connectivity index (χ0) is 18.2. The Morgan fingerprint density at radius 2 is 1.84 bits per heavy atom. The number of anilines is 1. The number of esters is 1. The molecule has 1 heterocycles. The maximum Gasteiger partial charge on any atom is 0.338 e. The van der Waals surface area contributed by atoms with Crippen LogP contribution in [0.1, 0.15) is 42.0 Å². The van der Waals surface area contributed by atoms with Crippen LogP contribution in [0.2, 0.25) is 0 Å². The highest BCUT2D eigenvalue weighted by Gasteiger charge is 2.14. The molecular weight excluding hydrogens is 336 g/mol. The molecule has 1 N–H and O–H groups in total. The number of benzene rings is 1. The Bertz CT molecular complexity index is 679. The predicted molar refractivity (Wildman–Crippen MR) is 101 cm³/mol. The van der Waals surface area contributed by atoms with Gasteiger partial charge in [0.15, 0.2) is 6.61 Å². The van der Waals surface area contributed by atoms with Gasteiger partial charge >= 0.3 is 5.97 Å². The third-order valence-electron chi connectivity index (χ3n) is 3.91. The summed E-state index contributed by atoms with van der Waals surface area (Å²) in [6, 6.07) is 11.0. The SMILES string of the molecule is CCN(CC)c1ccc(C(=O)OCC(=O)NC(C)c2cccs2)cc1. The molecule has 6 heteroatoms. The lowest BCUT2D eigenvalue weighted by atomic mass is 10.2. The summed E-state index contributed by atoms with van der Waals surface area (Å²) in [6.45, 7) is 7.60. The van der Waals surface area contributed by atoms with Crippen LogP contribution in [0.3, 0.4) is 0 Å². The second kappa shape index (κ2) is 9.22. The van der Waals surface area contributed by atoms with Gasteiger partial charge in [0.1, 0.15) is 0 Å². The Balaban J connectivity index is 1.84. The standard InChI is InChI=1S/C19H24N2O3S/c1-4-21(5-2)16-10-8-15(9-11-16)19(23)24-13-18(22)20-14(3)17-7-6-12-25-17/h6-12,14H,4-5,13H2,1-3H3,(H,20,22). The van der Waals surface area contributed by atoms with E-state index in [-0.39, 0.29) is 18.6 Å². The first-order valence-electron chi connectivity index (χ1n) is 8.40. The number of carbonyl (C=O) groups is 2. The summed E-state index contributed by atoms with van der Waals surface area (Å²) in [5.74, 6) is -0.806. The molecule has 2 rings (SSSR count). The molecule has 0 radical (unpaired) electrons. The third-order valence-corrected chi connectivity index (χ3v) is 4.97. The van der Waals surface area contributed by atoms with Crippen molar-refractivity contribution in [2.75, 3.05) is 24.6 Å². The maximum absolute atomic E-state index is 12.1. The van der Waals surface area contributed by atoms with Crippen LogP contribution >= 0.6 is 11.3 Å². The normalized spacial score (nSPS) is 11.6. The summed E-state index contributed by atoms with van der Waals surface area (Å²) in [5.41, 5.74) is 1.50. The number of rotatable bonds is 8. The molecule has 5 nitrogen and oxygen atoms in total. The van der Waals surface area contributed by atoms with Crippen LogP contribution < -0.4 is 10.2 Å². The number of amides is 1. The highest BCUT2D eigenvalue weighted by atomic mass is 32.1. The van der Waals surface area contributed by atoms with Gasteiger partial charge in [-0.25, -0.2) is 4.79 Å². The molecule has 0 spiro atoms. The Morgan fingerprint density at radius 1 is 1.16 bits per heavy atom. The first-order valence-corrected chi connectivity index (χ1v) is 9.28. The smallest absolute Gasteiger partial charge is 0.338 e. The van der Waals surface area contributed by atoms with Crippen molar-refractivity contribution in [2.24, 2.45) is 0 Å². The van der Waals surface area contributed by atoms with Crippen LogP contribution in [0.15, 0.2) is 41.8 Å². The van der Waals surface area contributed by atoms with Gasteiger partial charge < -0.3 is 15.0 Å². The van der Waals surface area contributed by atoms with Crippen LogP contribution in [0.4, 0.5) is 5.69 Å². The average molecular weight is 360 g/mol. The largest absolute Gasteiger partial charge is 0.452 e. The van der Waals surface area contributed by atoms with Crippen molar-refractivity contribution in [3.63, 3.8) is 0 Å². The number of nitrogens with zero attached hydrogens (tertiary/aromatic N) is 1. The van der Waals surface area contributed by atoms with E-state index in [0.29, 0.717) is 5.56 Å². The van der Waals surface area contributed by atoms with Gasteiger partial charge in [-0.2, -0.15) is 0 Å². The van der Waals surface area contributed by atoms with Crippen LogP contribution in [0.5, 0.6) is 0 Å². The van der Waals surface area contributed by atoms with E-state index >= 15 is 0 Å². The first kappa shape index (κ1) is 19.0. The molecule has 25 heavy (non-hydrogen) atoms. The Hall–Kier alpha value is -2.34. The lowest BCUT2D eigenvalue weighted by molar-refractivity contribution is -0.124. The summed E-state index contributed by atoms with van der Waals surface area (Å²) in [7, 11) is 0. The zero-order valence-corrected chi connectivity index (χ0v) is 15.6. The van der Waals surface area contributed by atoms with Gasteiger partial charge in [0, 0.05) is 23.7 Å². The molecule has 0 saturated heterocycles. The molecule has 1 aromatic heterocycles. The zero-order valence-electron chi connectivity index (χ0n) is 14.8. The van der Waals surface area contributed by atoms with Gasteiger partial charge in [0.25, 0.3) is 5.91 Å². The van der Waals surface area contributed by atoms with Crippen LogP contribution in [-0.2, 0) is 9.53 Å². The van der Waals surface area contributed by atoms with Crippen LogP contribution in [-0.4, -0.2) is 31.6 Å². The van der Waals surface area contributed by atoms with E-state index in [1.54, 1.807) is 23.5 Å². The van der Waals surface area contributed by atoms with E-state index in [0.717, 1.165) is 23.7 Å². The van der Waals surface area contributed by atoms with Crippen molar-refractivity contribution in [3.8, 4) is 0 Å². The number of hydrogen-bond donors (Lipinski definition) is 1. The quantitative estimate of drug-likeness (QED) is 0.731. The predicted octanol–water partition coefficient (Wildman–Crippen LogP) is 3.63. The number of carbonyl (C=O) groups excluding carboxylic acids is 2. The molecule has 1 amide bonds. The molecular formula is C19H24N2O3S. The second-order valence-corrected chi connectivity index (χ2v) is 6.58. The fraction of sp³-hybridized carbons (Fsp3) is 0.368. The minimum absolute atomic E-state index is 0.0976. The van der Waals surface area contributed by atoms with Crippen LogP contribution in [0.25, 0.3) is 0 Å². The molecule has 0 aliphatic rings. The van der Waals surface area contributed by atoms with Gasteiger partial charge in [-0.15, -0.1) is 11.3 Å². The molecule has 1 atom stereocenters. The van der Waals surface area contributed by atoms with Crippen molar-refractivity contribution >= 4 is 28.9 Å². The van der Waals surface area contributed by atoms with E-state index in [4.69, 9.17) is 4.74 Å². The second-order valence-electron chi connectivity index (χ2n) is 5.60. The number of thiophene rings is 1. The minimum atomic E-state index is -0.495. The van der Waals surface area contributed by atoms with E-state index in [1.165, 1.54) is 0 Å². The van der Waals surface area contributed by atoms with Crippen molar-refractivity contribution in [3.05, 3.63) is 52.2 Å². The molecule has 2 aromatic rings. The summed E-state index contributed by atoms with van der Waals surface area (Å²) < 4.78 is 5.10. The van der Waals surface area contributed by atoms with Crippen molar-refractivity contribution in [1.82, 2.24) is 5.32 Å². The van der Waals surface area contributed by atoms with Crippen molar-refractivity contribution < 1.29 is 14.3 Å². The average Bonchev–Trinajstić information content (AvgIpc) is 3.16. The minimum Gasteiger partial charge on any atom is -0.452 e. The molecule has 0 fully saturated rings.